The van der Waals surface area contributed by atoms with Gasteiger partial charge in [-0.2, -0.15) is 5.10 Å². The molecule has 0 unspecified atom stereocenters. The van der Waals surface area contributed by atoms with Gasteiger partial charge < -0.3 is 9.88 Å². The number of nitrogens with zero attached hydrogens (tertiary/aromatic N) is 2. The smallest absolute Gasteiger partial charge is 0.263 e. The van der Waals surface area contributed by atoms with Gasteiger partial charge >= 0.3 is 0 Å². The maximum Gasteiger partial charge on any atom is 0.263 e. The molecule has 2 rings (SSSR count). The quantitative estimate of drug-likeness (QED) is 0.810. The topological polar surface area (TPSA) is 79.8 Å². The first-order valence-electron chi connectivity index (χ1n) is 5.39. The van der Waals surface area contributed by atoms with Crippen LogP contribution in [0.2, 0.25) is 0 Å². The molecule has 0 aromatic carbocycles. The molecule has 0 spiro atoms. The van der Waals surface area contributed by atoms with Crippen LogP contribution < -0.4 is 10.9 Å². The van der Waals surface area contributed by atoms with E-state index >= 15 is 0 Å². The number of pyridine rings is 1. The largest absolute Gasteiger partial charge is 0.315 e. The van der Waals surface area contributed by atoms with Crippen LogP contribution >= 0.6 is 0 Å². The SMILES string of the molecule is CCC(=O)Nc1n[nH]c2cc(C)n(C)c(=O)c12. The molecule has 6 nitrogen and oxygen atoms in total. The summed E-state index contributed by atoms with van der Waals surface area (Å²) < 4.78 is 1.53. The Balaban J connectivity index is 2.64. The van der Waals surface area contributed by atoms with Crippen molar-refractivity contribution in [2.45, 2.75) is 20.3 Å². The lowest BCUT2D eigenvalue weighted by molar-refractivity contribution is -0.115. The maximum absolute atomic E-state index is 12.1. The second-order valence-electron chi connectivity index (χ2n) is 3.91. The van der Waals surface area contributed by atoms with E-state index in [-0.39, 0.29) is 11.5 Å². The number of hydrogen-bond donors (Lipinski definition) is 2. The standard InChI is InChI=1S/C11H14N4O2/c1-4-8(16)12-10-9-7(13-14-10)5-6(2)15(3)11(9)17/h5H,4H2,1-3H3,(H2,12,13,14,16). The molecule has 0 saturated carbocycles. The highest BCUT2D eigenvalue weighted by Crippen LogP contribution is 2.17. The second kappa shape index (κ2) is 4.04. The average molecular weight is 234 g/mol. The van der Waals surface area contributed by atoms with Crippen molar-refractivity contribution < 1.29 is 4.79 Å². The molecule has 2 N–H and O–H groups in total. The maximum atomic E-state index is 12.1. The summed E-state index contributed by atoms with van der Waals surface area (Å²) in [7, 11) is 1.69. The Bertz CT molecular complexity index is 639. The summed E-state index contributed by atoms with van der Waals surface area (Å²) in [6, 6.07) is 1.82. The molecule has 2 aromatic rings. The number of aromatic nitrogens is 3. The average Bonchev–Trinajstić information content (AvgIpc) is 2.69. The van der Waals surface area contributed by atoms with Gasteiger partial charge in [-0.1, -0.05) is 6.92 Å². The van der Waals surface area contributed by atoms with Crippen molar-refractivity contribution in [1.29, 1.82) is 0 Å². The van der Waals surface area contributed by atoms with Crippen molar-refractivity contribution >= 4 is 22.6 Å². The van der Waals surface area contributed by atoms with E-state index in [1.165, 1.54) is 4.57 Å². The van der Waals surface area contributed by atoms with Crippen LogP contribution in [0.3, 0.4) is 0 Å². The first-order chi connectivity index (χ1) is 8.04. The van der Waals surface area contributed by atoms with E-state index in [1.54, 1.807) is 14.0 Å². The highest BCUT2D eigenvalue weighted by Gasteiger charge is 2.13. The van der Waals surface area contributed by atoms with E-state index in [4.69, 9.17) is 0 Å². The van der Waals surface area contributed by atoms with Crippen molar-refractivity contribution in [2.75, 3.05) is 5.32 Å². The van der Waals surface area contributed by atoms with Crippen LogP contribution in [0.25, 0.3) is 10.9 Å². The lowest BCUT2D eigenvalue weighted by Gasteiger charge is -2.03. The number of carbonyl (C=O) groups excluding carboxylic acids is 1. The van der Waals surface area contributed by atoms with Gasteiger partial charge in [-0.05, 0) is 13.0 Å². The zero-order valence-electron chi connectivity index (χ0n) is 10.00. The molecule has 0 aliphatic heterocycles. The minimum Gasteiger partial charge on any atom is -0.315 e. The first-order valence-corrected chi connectivity index (χ1v) is 5.39. The molecular formula is C11H14N4O2. The summed E-state index contributed by atoms with van der Waals surface area (Å²) in [5.74, 6) is 0.133. The highest BCUT2D eigenvalue weighted by molar-refractivity contribution is 5.99. The van der Waals surface area contributed by atoms with E-state index in [1.807, 2.05) is 13.0 Å². The van der Waals surface area contributed by atoms with Crippen LogP contribution in [0.5, 0.6) is 0 Å². The Kier molecular flexibility index (Phi) is 2.71. The molecule has 0 radical (unpaired) electrons. The lowest BCUT2D eigenvalue weighted by atomic mass is 10.2. The fourth-order valence-corrected chi connectivity index (χ4v) is 1.62. The summed E-state index contributed by atoms with van der Waals surface area (Å²) in [6.45, 7) is 3.58. The summed E-state index contributed by atoms with van der Waals surface area (Å²) in [4.78, 5) is 23.4. The van der Waals surface area contributed by atoms with Gasteiger partial charge in [0.05, 0.1) is 5.52 Å². The second-order valence-corrected chi connectivity index (χ2v) is 3.91. The lowest BCUT2D eigenvalue weighted by Crippen LogP contribution is -2.20. The van der Waals surface area contributed by atoms with Gasteiger partial charge in [-0.15, -0.1) is 0 Å². The fourth-order valence-electron chi connectivity index (χ4n) is 1.62. The van der Waals surface area contributed by atoms with E-state index < -0.39 is 0 Å². The zero-order chi connectivity index (χ0) is 12.6. The first kappa shape index (κ1) is 11.4. The van der Waals surface area contributed by atoms with Crippen LogP contribution in [0, 0.1) is 6.92 Å². The predicted molar refractivity (Wildman–Crippen MR) is 65.0 cm³/mol. The summed E-state index contributed by atoms with van der Waals surface area (Å²) in [5.41, 5.74) is 1.30. The van der Waals surface area contributed by atoms with E-state index in [9.17, 15) is 9.59 Å². The number of nitrogens with one attached hydrogen (secondary N) is 2. The van der Waals surface area contributed by atoms with Gasteiger partial charge in [0.15, 0.2) is 5.82 Å². The molecule has 2 aromatic heterocycles. The van der Waals surface area contributed by atoms with Gasteiger partial charge in [0.25, 0.3) is 5.56 Å². The van der Waals surface area contributed by atoms with E-state index in [0.717, 1.165) is 5.69 Å². The minimum absolute atomic E-state index is 0.166. The van der Waals surface area contributed by atoms with E-state index in [2.05, 4.69) is 15.5 Å². The molecule has 0 aliphatic carbocycles. The molecule has 0 saturated heterocycles. The van der Waals surface area contributed by atoms with Crippen LogP contribution in [0.1, 0.15) is 19.0 Å². The molecule has 6 heteroatoms. The Morgan fingerprint density at radius 2 is 2.29 bits per heavy atom. The van der Waals surface area contributed by atoms with Gasteiger partial charge in [0.2, 0.25) is 5.91 Å². The number of H-pyrrole nitrogens is 1. The van der Waals surface area contributed by atoms with Gasteiger partial charge in [-0.3, -0.25) is 14.7 Å². The Hall–Kier alpha value is -2.11. The van der Waals surface area contributed by atoms with E-state index in [0.29, 0.717) is 23.1 Å². The zero-order valence-corrected chi connectivity index (χ0v) is 10.00. The van der Waals surface area contributed by atoms with Crippen LogP contribution in [0.15, 0.2) is 10.9 Å². The summed E-state index contributed by atoms with van der Waals surface area (Å²) in [5, 5.41) is 9.73. The monoisotopic (exact) mass is 234 g/mol. The number of aromatic amines is 1. The van der Waals surface area contributed by atoms with Crippen LogP contribution in [0.4, 0.5) is 5.82 Å². The Morgan fingerprint density at radius 3 is 2.94 bits per heavy atom. The highest BCUT2D eigenvalue weighted by atomic mass is 16.2. The van der Waals surface area contributed by atoms with Crippen molar-refractivity contribution in [3.8, 4) is 0 Å². The molecular weight excluding hydrogens is 220 g/mol. The third kappa shape index (κ3) is 1.82. The minimum atomic E-state index is -0.167. The number of amides is 1. The van der Waals surface area contributed by atoms with Crippen molar-refractivity contribution in [3.05, 3.63) is 22.1 Å². The molecule has 0 bridgehead atoms. The number of fused-ring (bicyclic) bond motifs is 1. The van der Waals surface area contributed by atoms with Gasteiger partial charge in [0, 0.05) is 19.2 Å². The normalized spacial score (nSPS) is 10.8. The van der Waals surface area contributed by atoms with Gasteiger partial charge in [0.1, 0.15) is 5.39 Å². The number of hydrogen-bond acceptors (Lipinski definition) is 3. The predicted octanol–water partition coefficient (Wildman–Crippen LogP) is 0.919. The molecule has 0 atom stereocenters. The fraction of sp³-hybridized carbons (Fsp3) is 0.364. The molecule has 1 amide bonds. The third-order valence-electron chi connectivity index (χ3n) is 2.77. The summed E-state index contributed by atoms with van der Waals surface area (Å²) in [6.07, 6.45) is 0.348. The third-order valence-corrected chi connectivity index (χ3v) is 2.77. The van der Waals surface area contributed by atoms with Crippen LogP contribution in [-0.4, -0.2) is 20.7 Å². The van der Waals surface area contributed by atoms with Crippen molar-refractivity contribution in [3.63, 3.8) is 0 Å². The Labute approximate surface area is 97.6 Å². The summed E-state index contributed by atoms with van der Waals surface area (Å²) >= 11 is 0. The molecule has 0 fully saturated rings. The molecule has 0 aliphatic rings. The molecule has 17 heavy (non-hydrogen) atoms. The van der Waals surface area contributed by atoms with Crippen molar-refractivity contribution in [1.82, 2.24) is 14.8 Å². The number of aryl methyl sites for hydroxylation is 1. The number of rotatable bonds is 2. The molecule has 90 valence electrons. The van der Waals surface area contributed by atoms with Crippen LogP contribution in [-0.2, 0) is 11.8 Å². The Morgan fingerprint density at radius 1 is 1.59 bits per heavy atom. The number of carbonyl (C=O) groups is 1. The number of anilines is 1. The van der Waals surface area contributed by atoms with Gasteiger partial charge in [-0.25, -0.2) is 0 Å². The van der Waals surface area contributed by atoms with Crippen molar-refractivity contribution in [2.24, 2.45) is 7.05 Å². The molecule has 2 heterocycles.